The Hall–Kier alpha value is -3.87. The number of fused-ring (bicyclic) bond motifs is 1. The fourth-order valence-electron chi connectivity index (χ4n) is 5.49. The largest absolute Gasteiger partial charge is 0.445 e. The first-order valence-corrected chi connectivity index (χ1v) is 13.7. The number of ether oxygens (including phenoxy) is 2. The van der Waals surface area contributed by atoms with E-state index < -0.39 is 42.6 Å². The number of alkyl carbamates (subject to hydrolysis) is 1. The Kier molecular flexibility index (Phi) is 8.85. The predicted molar refractivity (Wildman–Crippen MR) is 143 cm³/mol. The van der Waals surface area contributed by atoms with Crippen LogP contribution in [0.3, 0.4) is 0 Å². The lowest BCUT2D eigenvalue weighted by Crippen LogP contribution is -2.37. The van der Waals surface area contributed by atoms with Crippen LogP contribution in [-0.4, -0.2) is 60.7 Å². The zero-order valence-corrected chi connectivity index (χ0v) is 22.9. The van der Waals surface area contributed by atoms with Crippen LogP contribution in [0.2, 0.25) is 0 Å². The van der Waals surface area contributed by atoms with E-state index in [1.807, 2.05) is 30.3 Å². The molecule has 13 heteroatoms. The lowest BCUT2D eigenvalue weighted by Gasteiger charge is -2.32. The van der Waals surface area contributed by atoms with Crippen molar-refractivity contribution in [2.75, 3.05) is 20.3 Å². The Balaban J connectivity index is 1.39. The van der Waals surface area contributed by atoms with Gasteiger partial charge in [-0.05, 0) is 42.0 Å². The molecule has 2 heterocycles. The number of nitrogens with zero attached hydrogens (tertiary/aromatic N) is 2. The molecule has 42 heavy (non-hydrogen) atoms. The molecule has 9 nitrogen and oxygen atoms in total. The van der Waals surface area contributed by atoms with Crippen molar-refractivity contribution in [1.82, 2.24) is 20.5 Å². The molecular formula is C29H32F4N4O5. The number of nitrogens with one attached hydrogen (secondary N) is 2. The van der Waals surface area contributed by atoms with Gasteiger partial charge < -0.3 is 29.4 Å². The van der Waals surface area contributed by atoms with Gasteiger partial charge in [-0.1, -0.05) is 36.4 Å². The minimum atomic E-state index is -2.77. The van der Waals surface area contributed by atoms with E-state index in [2.05, 4.69) is 15.6 Å². The van der Waals surface area contributed by atoms with E-state index in [0.717, 1.165) is 5.56 Å². The minimum absolute atomic E-state index is 0.0242. The molecule has 2 aromatic carbocycles. The highest BCUT2D eigenvalue weighted by Crippen LogP contribution is 2.42. The number of rotatable bonds is 10. The lowest BCUT2D eigenvalue weighted by molar-refractivity contribution is -0.0505. The summed E-state index contributed by atoms with van der Waals surface area (Å²) in [5.41, 5.74) is 2.12. The summed E-state index contributed by atoms with van der Waals surface area (Å²) in [4.78, 5) is 31.2. The van der Waals surface area contributed by atoms with E-state index in [1.54, 1.807) is 18.2 Å². The number of oxazole rings is 1. The second-order valence-electron chi connectivity index (χ2n) is 10.7. The smallest absolute Gasteiger partial charge is 0.408 e. The molecule has 0 spiro atoms. The highest BCUT2D eigenvalue weighted by Gasteiger charge is 2.41. The third-order valence-electron chi connectivity index (χ3n) is 7.77. The number of alkyl halides is 4. The fraction of sp³-hybridized carbons (Fsp3) is 0.483. The lowest BCUT2D eigenvalue weighted by atomic mass is 9.82. The molecule has 2 N–H and O–H groups in total. The van der Waals surface area contributed by atoms with E-state index in [0.29, 0.717) is 16.7 Å². The molecule has 3 aromatic rings. The molecule has 0 radical (unpaired) electrons. The monoisotopic (exact) mass is 592 g/mol. The van der Waals surface area contributed by atoms with E-state index in [4.69, 9.17) is 13.9 Å². The van der Waals surface area contributed by atoms with E-state index in [1.165, 1.54) is 12.0 Å². The summed E-state index contributed by atoms with van der Waals surface area (Å²) in [6.07, 6.45) is -3.81. The molecule has 2 fully saturated rings. The molecule has 2 aliphatic rings. The average Bonchev–Trinajstić information content (AvgIpc) is 3.57. The standard InChI is InChI=1S/C29H32F4N4O5/c1-40-16-22(37-14-21(25(30)31)35-27(37)38)19-7-8-23-20(13-19)34-26(42-23)24(18-9-11-29(32,33)12-10-18)36-28(39)41-15-17-5-3-2-4-6-17/h2-8,13,18,21-22,24-25H,9-12,14-16H2,1H3,(H,35,38)(H,36,39)/t21-,22+,24-/m0/s1. The topological polar surface area (TPSA) is 106 Å². The van der Waals surface area contributed by atoms with Crippen LogP contribution in [0.15, 0.2) is 52.9 Å². The van der Waals surface area contributed by atoms with Crippen LogP contribution in [0.5, 0.6) is 0 Å². The SMILES string of the molecule is COC[C@H](c1ccc2oc([C@@H](NC(=O)OCc3ccccc3)C3CCC(F)(F)CC3)nc2c1)N1C[C@@H](C(F)F)NC1=O. The molecule has 1 saturated heterocycles. The van der Waals surface area contributed by atoms with E-state index in [9.17, 15) is 27.2 Å². The summed E-state index contributed by atoms with van der Waals surface area (Å²) in [6, 6.07) is 10.6. The second kappa shape index (κ2) is 12.6. The van der Waals surface area contributed by atoms with Crippen molar-refractivity contribution >= 4 is 23.2 Å². The number of benzene rings is 2. The van der Waals surface area contributed by atoms with Crippen LogP contribution in [0.4, 0.5) is 27.2 Å². The molecule has 3 atom stereocenters. The van der Waals surface area contributed by atoms with Gasteiger partial charge in [-0.15, -0.1) is 0 Å². The third kappa shape index (κ3) is 6.77. The van der Waals surface area contributed by atoms with Gasteiger partial charge in [0.05, 0.1) is 12.6 Å². The molecule has 3 amide bonds. The van der Waals surface area contributed by atoms with Gasteiger partial charge in [-0.25, -0.2) is 32.1 Å². The Morgan fingerprint density at radius 1 is 1.19 bits per heavy atom. The summed E-state index contributed by atoms with van der Waals surface area (Å²) < 4.78 is 71.1. The van der Waals surface area contributed by atoms with Crippen molar-refractivity contribution in [3.05, 3.63) is 65.5 Å². The quantitative estimate of drug-likeness (QED) is 0.281. The summed E-state index contributed by atoms with van der Waals surface area (Å²) in [6.45, 7) is -0.125. The number of carbonyl (C=O) groups excluding carboxylic acids is 2. The van der Waals surface area contributed by atoms with Crippen LogP contribution in [0.25, 0.3) is 11.1 Å². The van der Waals surface area contributed by atoms with Crippen LogP contribution < -0.4 is 10.6 Å². The molecule has 1 aliphatic heterocycles. The van der Waals surface area contributed by atoms with Gasteiger partial charge in [0.15, 0.2) is 5.58 Å². The van der Waals surface area contributed by atoms with Crippen LogP contribution in [0.1, 0.15) is 54.8 Å². The molecule has 0 unspecified atom stereocenters. The van der Waals surface area contributed by atoms with Crippen molar-refractivity contribution in [2.45, 2.75) is 62.8 Å². The number of aromatic nitrogens is 1. The van der Waals surface area contributed by atoms with Crippen LogP contribution >= 0.6 is 0 Å². The number of hydrogen-bond donors (Lipinski definition) is 2. The highest BCUT2D eigenvalue weighted by molar-refractivity contribution is 5.78. The predicted octanol–water partition coefficient (Wildman–Crippen LogP) is 5.97. The molecule has 1 saturated carbocycles. The first-order chi connectivity index (χ1) is 20.1. The minimum Gasteiger partial charge on any atom is -0.445 e. The van der Waals surface area contributed by atoms with Gasteiger partial charge in [0.25, 0.3) is 6.43 Å². The Morgan fingerprint density at radius 2 is 1.93 bits per heavy atom. The zero-order valence-electron chi connectivity index (χ0n) is 22.9. The number of methoxy groups -OCH3 is 1. The Bertz CT molecular complexity index is 1380. The first-order valence-electron chi connectivity index (χ1n) is 13.7. The summed E-state index contributed by atoms with van der Waals surface area (Å²) in [5, 5.41) is 5.06. The zero-order chi connectivity index (χ0) is 29.9. The van der Waals surface area contributed by atoms with Crippen molar-refractivity contribution in [2.24, 2.45) is 5.92 Å². The van der Waals surface area contributed by atoms with E-state index in [-0.39, 0.29) is 57.3 Å². The normalized spacial score (nSPS) is 20.5. The molecule has 5 rings (SSSR count). The maximum Gasteiger partial charge on any atom is 0.408 e. The number of halogens is 4. The van der Waals surface area contributed by atoms with Crippen LogP contribution in [0, 0.1) is 5.92 Å². The fourth-order valence-corrected chi connectivity index (χ4v) is 5.49. The third-order valence-corrected chi connectivity index (χ3v) is 7.77. The maximum atomic E-state index is 14.0. The van der Waals surface area contributed by atoms with Crippen LogP contribution in [-0.2, 0) is 16.1 Å². The van der Waals surface area contributed by atoms with Gasteiger partial charge >= 0.3 is 12.1 Å². The molecule has 1 aromatic heterocycles. The number of carbonyl (C=O) groups is 2. The van der Waals surface area contributed by atoms with Crippen molar-refractivity contribution < 1.29 is 41.0 Å². The highest BCUT2D eigenvalue weighted by atomic mass is 19.3. The van der Waals surface area contributed by atoms with Crippen molar-refractivity contribution in [1.29, 1.82) is 0 Å². The number of hydrogen-bond acceptors (Lipinski definition) is 6. The molecule has 0 bridgehead atoms. The summed E-state index contributed by atoms with van der Waals surface area (Å²) >= 11 is 0. The maximum absolute atomic E-state index is 14.0. The van der Waals surface area contributed by atoms with Gasteiger partial charge in [-0.3, -0.25) is 0 Å². The molecule has 1 aliphatic carbocycles. The Morgan fingerprint density at radius 3 is 2.60 bits per heavy atom. The van der Waals surface area contributed by atoms with Crippen molar-refractivity contribution in [3.63, 3.8) is 0 Å². The summed E-state index contributed by atoms with van der Waals surface area (Å²) in [5.74, 6) is -3.01. The van der Waals surface area contributed by atoms with Crippen molar-refractivity contribution in [3.8, 4) is 0 Å². The Labute approximate surface area is 239 Å². The summed E-state index contributed by atoms with van der Waals surface area (Å²) in [7, 11) is 1.44. The second-order valence-corrected chi connectivity index (χ2v) is 10.7. The van der Waals surface area contributed by atoms with Gasteiger partial charge in [0.1, 0.15) is 24.2 Å². The number of amides is 3. The average molecular weight is 593 g/mol. The number of urea groups is 1. The van der Waals surface area contributed by atoms with Gasteiger partial charge in [0, 0.05) is 26.5 Å². The van der Waals surface area contributed by atoms with E-state index >= 15 is 0 Å². The molecule has 226 valence electrons. The van der Waals surface area contributed by atoms with Gasteiger partial charge in [0.2, 0.25) is 11.8 Å². The first kappa shape index (κ1) is 29.6. The molecular weight excluding hydrogens is 560 g/mol. The van der Waals surface area contributed by atoms with Gasteiger partial charge in [-0.2, -0.15) is 0 Å².